The first-order chi connectivity index (χ1) is 29.5. The van der Waals surface area contributed by atoms with Crippen LogP contribution < -0.4 is 4.90 Å². The van der Waals surface area contributed by atoms with Crippen molar-refractivity contribution in [2.45, 2.75) is 24.7 Å². The smallest absolute Gasteiger partial charge is 0.0713 e. The Labute approximate surface area is 355 Å². The van der Waals surface area contributed by atoms with Gasteiger partial charge in [0.05, 0.1) is 21.5 Å². The molecule has 1 aromatic heterocycles. The third-order valence-electron chi connectivity index (χ3n) is 13.4. The monoisotopic (exact) mass is 783 g/mol. The zero-order valence-corrected chi connectivity index (χ0v) is 34.4. The van der Waals surface area contributed by atoms with Crippen LogP contribution in [0.1, 0.15) is 47.2 Å². The third kappa shape index (κ3) is 4.92. The molecule has 0 N–H and O–H groups in total. The number of hydrogen-bond acceptors (Lipinski definition) is 2. The van der Waals surface area contributed by atoms with Gasteiger partial charge in [0.15, 0.2) is 0 Å². The van der Waals surface area contributed by atoms with E-state index in [0.29, 0.717) is 0 Å². The van der Waals surface area contributed by atoms with Crippen molar-refractivity contribution >= 4 is 48.6 Å². The van der Waals surface area contributed by atoms with Gasteiger partial charge in [0.1, 0.15) is 0 Å². The molecule has 0 saturated carbocycles. The largest absolute Gasteiger partial charge is 0.308 e. The van der Waals surface area contributed by atoms with E-state index in [-0.39, 0.29) is 5.41 Å². The molecule has 0 amide bonds. The highest BCUT2D eigenvalue weighted by molar-refractivity contribution is 7.26. The molecule has 0 radical (unpaired) electrons. The highest BCUT2D eigenvalue weighted by atomic mass is 32.1. The molecule has 2 aliphatic rings. The van der Waals surface area contributed by atoms with Crippen LogP contribution in [0.25, 0.3) is 53.6 Å². The molecule has 2 aliphatic carbocycles. The summed E-state index contributed by atoms with van der Waals surface area (Å²) in [6, 6.07) is 79.1. The van der Waals surface area contributed by atoms with E-state index >= 15 is 0 Å². The highest BCUT2D eigenvalue weighted by Crippen LogP contribution is 2.58. The highest BCUT2D eigenvalue weighted by Gasteiger charge is 2.46. The molecule has 0 unspecified atom stereocenters. The fourth-order valence-corrected chi connectivity index (χ4v) is 11.9. The van der Waals surface area contributed by atoms with E-state index < -0.39 is 5.41 Å². The molecular weight excluding hydrogens is 743 g/mol. The summed E-state index contributed by atoms with van der Waals surface area (Å²) in [6.07, 6.45) is 0. The number of anilines is 3. The van der Waals surface area contributed by atoms with Gasteiger partial charge in [-0.05, 0) is 97.6 Å². The van der Waals surface area contributed by atoms with Crippen molar-refractivity contribution in [1.82, 2.24) is 0 Å². The van der Waals surface area contributed by atoms with Crippen LogP contribution in [0.4, 0.5) is 17.1 Å². The molecule has 12 rings (SSSR count). The van der Waals surface area contributed by atoms with Gasteiger partial charge in [-0.1, -0.05) is 190 Å². The van der Waals surface area contributed by atoms with E-state index in [0.717, 1.165) is 5.69 Å². The Kier molecular flexibility index (Phi) is 7.73. The lowest BCUT2D eigenvalue weighted by Crippen LogP contribution is -2.28. The summed E-state index contributed by atoms with van der Waals surface area (Å²) in [6.45, 7) is 4.74. The molecule has 9 aromatic carbocycles. The molecule has 1 nitrogen and oxygen atoms in total. The van der Waals surface area contributed by atoms with Gasteiger partial charge in [0, 0.05) is 32.1 Å². The first-order valence-corrected chi connectivity index (χ1v) is 21.7. The molecule has 0 spiro atoms. The van der Waals surface area contributed by atoms with Gasteiger partial charge in [0.2, 0.25) is 0 Å². The SMILES string of the molecule is CC1(C)c2ccccc2-c2c(N(c3ccc(-c4ccccc4)cc3)c3cccc4c3sc3ccc(C5(c6ccccc6)c6ccccc6-c6ccccc65)cc34)cccc21. The maximum absolute atomic E-state index is 2.53. The summed E-state index contributed by atoms with van der Waals surface area (Å²) >= 11 is 1.90. The lowest BCUT2D eigenvalue weighted by molar-refractivity contribution is 0.660. The van der Waals surface area contributed by atoms with Crippen LogP contribution in [0.3, 0.4) is 0 Å². The van der Waals surface area contributed by atoms with Crippen molar-refractivity contribution in [3.8, 4) is 33.4 Å². The van der Waals surface area contributed by atoms with Crippen LogP contribution in [-0.2, 0) is 10.8 Å². The Morgan fingerprint density at radius 1 is 0.400 bits per heavy atom. The number of benzene rings is 9. The van der Waals surface area contributed by atoms with Crippen LogP contribution in [0.2, 0.25) is 0 Å². The van der Waals surface area contributed by atoms with Gasteiger partial charge >= 0.3 is 0 Å². The topological polar surface area (TPSA) is 3.24 Å². The van der Waals surface area contributed by atoms with Crippen molar-refractivity contribution in [3.05, 3.63) is 246 Å². The minimum absolute atomic E-state index is 0.114. The van der Waals surface area contributed by atoms with Crippen LogP contribution in [0, 0.1) is 0 Å². The number of rotatable bonds is 6. The summed E-state index contributed by atoms with van der Waals surface area (Å²) in [5.41, 5.74) is 18.6. The second-order valence-electron chi connectivity index (χ2n) is 16.8. The third-order valence-corrected chi connectivity index (χ3v) is 14.6. The van der Waals surface area contributed by atoms with Crippen molar-refractivity contribution in [1.29, 1.82) is 0 Å². The van der Waals surface area contributed by atoms with E-state index in [4.69, 9.17) is 0 Å². The predicted molar refractivity (Wildman–Crippen MR) is 254 cm³/mol. The second-order valence-corrected chi connectivity index (χ2v) is 17.8. The van der Waals surface area contributed by atoms with Crippen molar-refractivity contribution in [3.63, 3.8) is 0 Å². The second kappa shape index (κ2) is 13.3. The molecule has 0 saturated heterocycles. The Hall–Kier alpha value is -7.00. The molecular formula is C58H41NS. The van der Waals surface area contributed by atoms with Crippen LogP contribution in [0.5, 0.6) is 0 Å². The van der Waals surface area contributed by atoms with Crippen LogP contribution >= 0.6 is 11.3 Å². The summed E-state index contributed by atoms with van der Waals surface area (Å²) in [5.74, 6) is 0. The minimum Gasteiger partial charge on any atom is -0.308 e. The predicted octanol–water partition coefficient (Wildman–Crippen LogP) is 15.9. The van der Waals surface area contributed by atoms with Gasteiger partial charge in [-0.3, -0.25) is 0 Å². The number of fused-ring (bicyclic) bond motifs is 9. The zero-order valence-electron chi connectivity index (χ0n) is 33.6. The van der Waals surface area contributed by atoms with Gasteiger partial charge < -0.3 is 4.90 Å². The Bertz CT molecular complexity index is 3240. The van der Waals surface area contributed by atoms with Gasteiger partial charge in [-0.15, -0.1) is 11.3 Å². The van der Waals surface area contributed by atoms with Crippen LogP contribution in [0.15, 0.2) is 212 Å². The Balaban J connectivity index is 1.10. The molecule has 0 fully saturated rings. The average molecular weight is 784 g/mol. The molecule has 0 aliphatic heterocycles. The van der Waals surface area contributed by atoms with Gasteiger partial charge in [-0.25, -0.2) is 0 Å². The molecule has 1 heterocycles. The average Bonchev–Trinajstić information content (AvgIpc) is 3.92. The standard InChI is InChI=1S/C58H41NS/c1-57(2)48-25-12-11-23-46(48)55-51(57)28-16-29-52(55)59(42-34-31-39(32-35-42)38-17-5-3-6-18-38)53-30-15-24-45-47-37-41(33-36-54(47)60-56(45)53)58(40-19-7-4-8-20-40)49-26-13-9-21-43(49)44-22-10-14-27-50(44)58/h3-37H,1-2H3. The quantitative estimate of drug-likeness (QED) is 0.162. The van der Waals surface area contributed by atoms with E-state index in [1.807, 2.05) is 11.3 Å². The zero-order chi connectivity index (χ0) is 40.0. The van der Waals surface area contributed by atoms with E-state index in [2.05, 4.69) is 231 Å². The number of nitrogens with zero attached hydrogens (tertiary/aromatic N) is 1. The summed E-state index contributed by atoms with van der Waals surface area (Å²) < 4.78 is 2.56. The lowest BCUT2D eigenvalue weighted by atomic mass is 9.67. The first kappa shape index (κ1) is 35.0. The Morgan fingerprint density at radius 3 is 1.68 bits per heavy atom. The van der Waals surface area contributed by atoms with Crippen molar-refractivity contribution in [2.24, 2.45) is 0 Å². The summed E-state index contributed by atoms with van der Waals surface area (Å²) in [4.78, 5) is 2.53. The van der Waals surface area contributed by atoms with E-state index in [1.165, 1.54) is 98.3 Å². The lowest BCUT2D eigenvalue weighted by Gasteiger charge is -2.34. The fourth-order valence-electron chi connectivity index (χ4n) is 10.7. The molecule has 284 valence electrons. The normalized spacial score (nSPS) is 14.1. The number of thiophene rings is 1. The number of hydrogen-bond donors (Lipinski definition) is 0. The molecule has 60 heavy (non-hydrogen) atoms. The summed E-state index contributed by atoms with van der Waals surface area (Å²) in [5, 5.41) is 2.56. The van der Waals surface area contributed by atoms with E-state index in [9.17, 15) is 0 Å². The van der Waals surface area contributed by atoms with E-state index in [1.54, 1.807) is 0 Å². The fraction of sp³-hybridized carbons (Fsp3) is 0.0690. The van der Waals surface area contributed by atoms with Gasteiger partial charge in [-0.2, -0.15) is 0 Å². The molecule has 0 atom stereocenters. The molecule has 2 heteroatoms. The van der Waals surface area contributed by atoms with Crippen molar-refractivity contribution in [2.75, 3.05) is 4.90 Å². The summed E-state index contributed by atoms with van der Waals surface area (Å²) in [7, 11) is 0. The minimum atomic E-state index is -0.453. The Morgan fingerprint density at radius 2 is 0.967 bits per heavy atom. The first-order valence-electron chi connectivity index (χ1n) is 20.9. The maximum atomic E-state index is 2.53. The molecule has 0 bridgehead atoms. The van der Waals surface area contributed by atoms with Crippen LogP contribution in [-0.4, -0.2) is 0 Å². The van der Waals surface area contributed by atoms with Crippen molar-refractivity contribution < 1.29 is 0 Å². The maximum Gasteiger partial charge on any atom is 0.0713 e. The van der Waals surface area contributed by atoms with Gasteiger partial charge in [0.25, 0.3) is 0 Å². The molecule has 10 aromatic rings.